The number of thiazole rings is 1. The van der Waals surface area contributed by atoms with Crippen molar-refractivity contribution in [2.75, 3.05) is 6.54 Å². The van der Waals surface area contributed by atoms with Gasteiger partial charge in [-0.25, -0.2) is 4.98 Å². The van der Waals surface area contributed by atoms with Crippen molar-refractivity contribution < 1.29 is 0 Å². The van der Waals surface area contributed by atoms with Gasteiger partial charge in [0.2, 0.25) is 0 Å². The number of nitrogens with zero attached hydrogens (tertiary/aromatic N) is 1. The Kier molecular flexibility index (Phi) is 4.57. The van der Waals surface area contributed by atoms with Gasteiger partial charge in [0, 0.05) is 10.9 Å². The molecule has 0 saturated carbocycles. The molecule has 1 heterocycles. The molecule has 0 aromatic carbocycles. The van der Waals surface area contributed by atoms with Gasteiger partial charge in [-0.05, 0) is 44.6 Å². The summed E-state index contributed by atoms with van der Waals surface area (Å²) >= 11 is 1.95. The Balaban J connectivity index is 2.07. The smallest absolute Gasteiger partial charge is 0.0931 e. The third-order valence-electron chi connectivity index (χ3n) is 3.38. The minimum absolute atomic E-state index is 0.578. The number of hydrogen-bond acceptors (Lipinski definition) is 3. The molecule has 96 valence electrons. The third-order valence-corrected chi connectivity index (χ3v) is 4.65. The molecule has 0 radical (unpaired) electrons. The monoisotopic (exact) mass is 252 g/mol. The molecule has 1 aliphatic rings. The molecule has 2 nitrogen and oxygen atoms in total. The van der Waals surface area contributed by atoms with Crippen molar-refractivity contribution in [3.8, 4) is 0 Å². The van der Waals surface area contributed by atoms with Gasteiger partial charge in [-0.1, -0.05) is 20.8 Å². The quantitative estimate of drug-likeness (QED) is 0.864. The molecule has 3 heteroatoms. The Bertz CT molecular complexity index is 357. The summed E-state index contributed by atoms with van der Waals surface area (Å²) in [7, 11) is 0. The summed E-state index contributed by atoms with van der Waals surface area (Å²) in [6, 6.07) is 0.578. The molecule has 0 amide bonds. The van der Waals surface area contributed by atoms with Gasteiger partial charge in [-0.15, -0.1) is 11.3 Å². The highest BCUT2D eigenvalue weighted by molar-refractivity contribution is 7.11. The van der Waals surface area contributed by atoms with Crippen LogP contribution in [0.1, 0.15) is 61.7 Å². The summed E-state index contributed by atoms with van der Waals surface area (Å²) in [5.41, 5.74) is 1.38. The fraction of sp³-hybridized carbons (Fsp3) is 0.786. The first-order chi connectivity index (χ1) is 8.20. The van der Waals surface area contributed by atoms with E-state index in [0.717, 1.165) is 18.9 Å². The molecule has 1 aromatic rings. The highest BCUT2D eigenvalue weighted by atomic mass is 32.1. The fourth-order valence-corrected chi connectivity index (χ4v) is 3.67. The van der Waals surface area contributed by atoms with Gasteiger partial charge < -0.3 is 5.32 Å². The summed E-state index contributed by atoms with van der Waals surface area (Å²) < 4.78 is 0. The van der Waals surface area contributed by atoms with E-state index in [2.05, 4.69) is 26.1 Å². The average Bonchev–Trinajstić information content (AvgIpc) is 2.71. The number of hydrogen-bond donors (Lipinski definition) is 1. The number of fused-ring (bicyclic) bond motifs is 1. The Labute approximate surface area is 109 Å². The first kappa shape index (κ1) is 13.0. The molecule has 0 bridgehead atoms. The summed E-state index contributed by atoms with van der Waals surface area (Å²) in [4.78, 5) is 6.36. The molecule has 0 spiro atoms. The van der Waals surface area contributed by atoms with Crippen LogP contribution < -0.4 is 5.32 Å². The molecular formula is C14H24N2S. The molecule has 0 aliphatic heterocycles. The zero-order valence-electron chi connectivity index (χ0n) is 11.3. The normalized spacial score (nSPS) is 19.6. The van der Waals surface area contributed by atoms with Gasteiger partial charge in [0.15, 0.2) is 0 Å². The third kappa shape index (κ3) is 3.29. The molecular weight excluding hydrogens is 228 g/mol. The maximum Gasteiger partial charge on any atom is 0.0931 e. The van der Waals surface area contributed by atoms with E-state index in [0.29, 0.717) is 6.04 Å². The van der Waals surface area contributed by atoms with Gasteiger partial charge in [-0.2, -0.15) is 0 Å². The maximum atomic E-state index is 4.83. The molecule has 1 N–H and O–H groups in total. The molecule has 0 saturated heterocycles. The molecule has 0 fully saturated rings. The second-order valence-corrected chi connectivity index (χ2v) is 6.47. The molecule has 1 unspecified atom stereocenters. The second-order valence-electron chi connectivity index (χ2n) is 5.35. The van der Waals surface area contributed by atoms with Crippen molar-refractivity contribution in [3.05, 3.63) is 15.6 Å². The summed E-state index contributed by atoms with van der Waals surface area (Å²) in [5.74, 6) is 0.778. The van der Waals surface area contributed by atoms with E-state index in [-0.39, 0.29) is 0 Å². The summed E-state index contributed by atoms with van der Waals surface area (Å²) in [5, 5.41) is 4.94. The number of aromatic nitrogens is 1. The molecule has 1 aliphatic carbocycles. The van der Waals surface area contributed by atoms with Crippen molar-refractivity contribution in [1.29, 1.82) is 0 Å². The number of aryl methyl sites for hydroxylation is 2. The van der Waals surface area contributed by atoms with E-state index in [1.54, 1.807) is 0 Å². The van der Waals surface area contributed by atoms with Crippen LogP contribution in [-0.4, -0.2) is 11.5 Å². The van der Waals surface area contributed by atoms with Crippen LogP contribution >= 0.6 is 11.3 Å². The van der Waals surface area contributed by atoms with E-state index < -0.39 is 0 Å². The van der Waals surface area contributed by atoms with E-state index in [1.165, 1.54) is 41.3 Å². The highest BCUT2D eigenvalue weighted by Gasteiger charge is 2.23. The van der Waals surface area contributed by atoms with E-state index in [1.807, 2.05) is 11.3 Å². The highest BCUT2D eigenvalue weighted by Crippen LogP contribution is 2.34. The minimum atomic E-state index is 0.578. The summed E-state index contributed by atoms with van der Waals surface area (Å²) in [6.45, 7) is 7.82. The number of rotatable bonds is 5. The molecule has 2 rings (SSSR count). The van der Waals surface area contributed by atoms with Gasteiger partial charge in [0.25, 0.3) is 0 Å². The van der Waals surface area contributed by atoms with Crippen molar-refractivity contribution in [2.45, 2.75) is 58.9 Å². The maximum absolute atomic E-state index is 4.83. The van der Waals surface area contributed by atoms with Gasteiger partial charge >= 0.3 is 0 Å². The van der Waals surface area contributed by atoms with Crippen LogP contribution in [0.2, 0.25) is 0 Å². The number of nitrogens with one attached hydrogen (secondary N) is 1. The Morgan fingerprint density at radius 3 is 3.00 bits per heavy atom. The first-order valence-corrected chi connectivity index (χ1v) is 7.74. The standard InChI is InChI=1S/C14H24N2S/c1-4-15-11-6-5-7-12-14(11)17-13(16-12)9-8-10(2)3/h10-11,15H,4-9H2,1-3H3. The topological polar surface area (TPSA) is 24.9 Å². The Morgan fingerprint density at radius 1 is 1.47 bits per heavy atom. The van der Waals surface area contributed by atoms with Gasteiger partial charge in [0.05, 0.1) is 10.7 Å². The zero-order chi connectivity index (χ0) is 12.3. The van der Waals surface area contributed by atoms with Crippen molar-refractivity contribution >= 4 is 11.3 Å². The van der Waals surface area contributed by atoms with Crippen molar-refractivity contribution in [2.24, 2.45) is 5.92 Å². The van der Waals surface area contributed by atoms with Crippen LogP contribution in [0.15, 0.2) is 0 Å². The molecule has 1 aromatic heterocycles. The van der Waals surface area contributed by atoms with Crippen LogP contribution in [0.4, 0.5) is 0 Å². The van der Waals surface area contributed by atoms with Crippen molar-refractivity contribution in [1.82, 2.24) is 10.3 Å². The minimum Gasteiger partial charge on any atom is -0.309 e. The average molecular weight is 252 g/mol. The lowest BCUT2D eigenvalue weighted by atomic mass is 9.98. The second kappa shape index (κ2) is 5.96. The van der Waals surface area contributed by atoms with Crippen molar-refractivity contribution in [3.63, 3.8) is 0 Å². The lowest BCUT2D eigenvalue weighted by Crippen LogP contribution is -2.23. The lowest BCUT2D eigenvalue weighted by Gasteiger charge is -2.21. The van der Waals surface area contributed by atoms with Gasteiger partial charge in [-0.3, -0.25) is 0 Å². The molecule has 17 heavy (non-hydrogen) atoms. The fourth-order valence-electron chi connectivity index (χ4n) is 2.43. The zero-order valence-corrected chi connectivity index (χ0v) is 12.1. The first-order valence-electron chi connectivity index (χ1n) is 6.92. The van der Waals surface area contributed by atoms with Crippen LogP contribution in [0.3, 0.4) is 0 Å². The van der Waals surface area contributed by atoms with Crippen LogP contribution in [0.25, 0.3) is 0 Å². The van der Waals surface area contributed by atoms with Crippen LogP contribution in [-0.2, 0) is 12.8 Å². The SMILES string of the molecule is CCNC1CCCc2nc(CCC(C)C)sc21. The largest absolute Gasteiger partial charge is 0.309 e. The summed E-state index contributed by atoms with van der Waals surface area (Å²) in [6.07, 6.45) is 6.19. The van der Waals surface area contributed by atoms with E-state index >= 15 is 0 Å². The lowest BCUT2D eigenvalue weighted by molar-refractivity contribution is 0.476. The van der Waals surface area contributed by atoms with E-state index in [9.17, 15) is 0 Å². The van der Waals surface area contributed by atoms with Crippen LogP contribution in [0, 0.1) is 5.92 Å². The predicted molar refractivity (Wildman–Crippen MR) is 74.6 cm³/mol. The van der Waals surface area contributed by atoms with E-state index in [4.69, 9.17) is 4.98 Å². The van der Waals surface area contributed by atoms with Gasteiger partial charge in [0.1, 0.15) is 0 Å². The Hall–Kier alpha value is -0.410. The molecule has 1 atom stereocenters. The predicted octanol–water partition coefficient (Wildman–Crippen LogP) is 3.72. The Morgan fingerprint density at radius 2 is 2.29 bits per heavy atom. The van der Waals surface area contributed by atoms with Crippen LogP contribution in [0.5, 0.6) is 0 Å².